The van der Waals surface area contributed by atoms with Crippen molar-refractivity contribution in [3.63, 3.8) is 0 Å². The number of nitrogens with one attached hydrogen (secondary N) is 1. The van der Waals surface area contributed by atoms with Gasteiger partial charge in [-0.2, -0.15) is 5.10 Å². The van der Waals surface area contributed by atoms with Gasteiger partial charge in [0, 0.05) is 5.56 Å². The van der Waals surface area contributed by atoms with E-state index in [1.54, 1.807) is 42.5 Å². The molecular weight excluding hydrogens is 403 g/mol. The molecule has 0 atom stereocenters. The van der Waals surface area contributed by atoms with Crippen LogP contribution in [0.5, 0.6) is 17.2 Å². The Hall–Kier alpha value is -4.20. The molecule has 3 rings (SSSR count). The number of hydrazone groups is 1. The minimum atomic E-state index is -0.547. The number of nitrogens with zero attached hydrogens (tertiary/aromatic N) is 1. The smallest absolute Gasteiger partial charge is 0.343 e. The van der Waals surface area contributed by atoms with Crippen LogP contribution >= 0.6 is 0 Å². The second kappa shape index (κ2) is 10.0. The zero-order valence-corrected chi connectivity index (χ0v) is 16.8. The van der Waals surface area contributed by atoms with Gasteiger partial charge in [0.15, 0.2) is 11.5 Å². The van der Waals surface area contributed by atoms with Crippen LogP contribution in [0.4, 0.5) is 4.39 Å². The van der Waals surface area contributed by atoms with E-state index in [1.165, 1.54) is 44.7 Å². The van der Waals surface area contributed by atoms with E-state index < -0.39 is 17.7 Å². The van der Waals surface area contributed by atoms with E-state index in [4.69, 9.17) is 14.2 Å². The lowest BCUT2D eigenvalue weighted by molar-refractivity contribution is 0.0729. The molecule has 0 fully saturated rings. The molecule has 1 amide bonds. The third-order valence-electron chi connectivity index (χ3n) is 4.20. The molecule has 31 heavy (non-hydrogen) atoms. The van der Waals surface area contributed by atoms with Crippen LogP contribution in [-0.2, 0) is 0 Å². The topological polar surface area (TPSA) is 86.2 Å². The van der Waals surface area contributed by atoms with E-state index in [-0.39, 0.29) is 11.3 Å². The summed E-state index contributed by atoms with van der Waals surface area (Å²) in [7, 11) is 2.98. The van der Waals surface area contributed by atoms with E-state index in [0.717, 1.165) is 0 Å². The molecule has 0 saturated heterocycles. The third-order valence-corrected chi connectivity index (χ3v) is 4.20. The molecule has 0 radical (unpaired) electrons. The number of hydrogen-bond donors (Lipinski definition) is 1. The molecule has 0 spiro atoms. The molecule has 0 saturated carbocycles. The summed E-state index contributed by atoms with van der Waals surface area (Å²) in [6, 6.07) is 16.4. The number of carbonyl (C=O) groups excluding carboxylic acids is 2. The van der Waals surface area contributed by atoms with Crippen LogP contribution in [0.3, 0.4) is 0 Å². The summed E-state index contributed by atoms with van der Waals surface area (Å²) in [4.78, 5) is 24.3. The highest BCUT2D eigenvalue weighted by Crippen LogP contribution is 2.28. The molecule has 0 unspecified atom stereocenters. The predicted octanol–water partition coefficient (Wildman–Crippen LogP) is 3.83. The second-order valence-corrected chi connectivity index (χ2v) is 6.23. The number of methoxy groups -OCH3 is 2. The fourth-order valence-corrected chi connectivity index (χ4v) is 2.57. The van der Waals surface area contributed by atoms with E-state index >= 15 is 0 Å². The minimum absolute atomic E-state index is 0.232. The number of rotatable bonds is 7. The zero-order valence-electron chi connectivity index (χ0n) is 16.8. The maximum absolute atomic E-state index is 12.9. The highest BCUT2D eigenvalue weighted by molar-refractivity contribution is 5.95. The number of halogens is 1. The van der Waals surface area contributed by atoms with E-state index in [9.17, 15) is 14.0 Å². The Morgan fingerprint density at radius 3 is 2.19 bits per heavy atom. The monoisotopic (exact) mass is 422 g/mol. The van der Waals surface area contributed by atoms with Crippen molar-refractivity contribution in [3.05, 3.63) is 89.2 Å². The summed E-state index contributed by atoms with van der Waals surface area (Å²) < 4.78 is 28.7. The largest absolute Gasteiger partial charge is 0.497 e. The molecule has 8 heteroatoms. The summed E-state index contributed by atoms with van der Waals surface area (Å²) >= 11 is 0. The first kappa shape index (κ1) is 21.5. The molecule has 3 aromatic rings. The Morgan fingerprint density at radius 1 is 0.871 bits per heavy atom. The van der Waals surface area contributed by atoms with Gasteiger partial charge in [0.05, 0.1) is 26.0 Å². The standard InChI is InChI=1S/C23H19FN2O5/c1-29-19-10-6-17(7-11-19)23(28)31-20-12-3-15(13-21(20)30-2)14-25-26-22(27)16-4-8-18(24)9-5-16/h3-14H,1-2H3,(H,26,27). The van der Waals surface area contributed by atoms with Gasteiger partial charge in [-0.15, -0.1) is 0 Å². The van der Waals surface area contributed by atoms with Crippen LogP contribution in [0.2, 0.25) is 0 Å². The molecule has 0 heterocycles. The van der Waals surface area contributed by atoms with Gasteiger partial charge < -0.3 is 14.2 Å². The first-order valence-corrected chi connectivity index (χ1v) is 9.13. The highest BCUT2D eigenvalue weighted by atomic mass is 19.1. The predicted molar refractivity (Wildman–Crippen MR) is 112 cm³/mol. The minimum Gasteiger partial charge on any atom is -0.497 e. The van der Waals surface area contributed by atoms with Crippen molar-refractivity contribution in [1.82, 2.24) is 5.43 Å². The van der Waals surface area contributed by atoms with Crippen LogP contribution in [-0.4, -0.2) is 32.3 Å². The van der Waals surface area contributed by atoms with E-state index in [2.05, 4.69) is 10.5 Å². The van der Waals surface area contributed by atoms with Crippen LogP contribution in [0, 0.1) is 5.82 Å². The number of esters is 1. The van der Waals surface area contributed by atoms with Crippen molar-refractivity contribution in [1.29, 1.82) is 0 Å². The van der Waals surface area contributed by atoms with Crippen molar-refractivity contribution < 1.29 is 28.2 Å². The van der Waals surface area contributed by atoms with Crippen molar-refractivity contribution in [3.8, 4) is 17.2 Å². The summed E-state index contributed by atoms with van der Waals surface area (Å²) in [5.41, 5.74) is 3.58. The van der Waals surface area contributed by atoms with Crippen molar-refractivity contribution in [2.24, 2.45) is 5.10 Å². The van der Waals surface area contributed by atoms with Gasteiger partial charge in [-0.25, -0.2) is 14.6 Å². The van der Waals surface area contributed by atoms with Crippen LogP contribution in [0.15, 0.2) is 71.8 Å². The lowest BCUT2D eigenvalue weighted by Crippen LogP contribution is -2.17. The van der Waals surface area contributed by atoms with Crippen LogP contribution in [0.25, 0.3) is 0 Å². The molecule has 7 nitrogen and oxygen atoms in total. The van der Waals surface area contributed by atoms with Crippen LogP contribution < -0.4 is 19.6 Å². The van der Waals surface area contributed by atoms with Gasteiger partial charge in [0.2, 0.25) is 0 Å². The zero-order chi connectivity index (χ0) is 22.2. The SMILES string of the molecule is COc1ccc(C(=O)Oc2ccc(C=NNC(=O)c3ccc(F)cc3)cc2OC)cc1. The Kier molecular flexibility index (Phi) is 6.95. The molecule has 0 aliphatic rings. The first-order chi connectivity index (χ1) is 15.0. The third kappa shape index (κ3) is 5.66. The summed E-state index contributed by atoms with van der Waals surface area (Å²) in [6.45, 7) is 0. The molecule has 0 aromatic heterocycles. The lowest BCUT2D eigenvalue weighted by atomic mass is 10.2. The maximum Gasteiger partial charge on any atom is 0.343 e. The average molecular weight is 422 g/mol. The number of benzene rings is 3. The maximum atomic E-state index is 12.9. The molecule has 158 valence electrons. The molecule has 3 aromatic carbocycles. The summed E-state index contributed by atoms with van der Waals surface area (Å²) in [6.07, 6.45) is 1.40. The first-order valence-electron chi connectivity index (χ1n) is 9.13. The summed E-state index contributed by atoms with van der Waals surface area (Å²) in [5.74, 6) is -0.280. The quantitative estimate of drug-likeness (QED) is 0.271. The molecule has 0 aliphatic heterocycles. The lowest BCUT2D eigenvalue weighted by Gasteiger charge is -2.10. The molecular formula is C23H19FN2O5. The average Bonchev–Trinajstić information content (AvgIpc) is 2.80. The fraction of sp³-hybridized carbons (Fsp3) is 0.0870. The Labute approximate surface area is 178 Å². The van der Waals surface area contributed by atoms with Crippen LogP contribution in [0.1, 0.15) is 26.3 Å². The number of carbonyl (C=O) groups is 2. The second-order valence-electron chi connectivity index (χ2n) is 6.23. The molecule has 0 aliphatic carbocycles. The number of amides is 1. The van der Waals surface area contributed by atoms with Gasteiger partial charge >= 0.3 is 5.97 Å². The normalized spacial score (nSPS) is 10.5. The molecule has 0 bridgehead atoms. The highest BCUT2D eigenvalue weighted by Gasteiger charge is 2.13. The van der Waals surface area contributed by atoms with Crippen molar-refractivity contribution >= 4 is 18.1 Å². The van der Waals surface area contributed by atoms with Gasteiger partial charge in [0.25, 0.3) is 5.91 Å². The number of ether oxygens (including phenoxy) is 3. The fourth-order valence-electron chi connectivity index (χ4n) is 2.57. The summed E-state index contributed by atoms with van der Waals surface area (Å²) in [5, 5.41) is 3.88. The van der Waals surface area contributed by atoms with Gasteiger partial charge in [-0.05, 0) is 72.3 Å². The van der Waals surface area contributed by atoms with E-state index in [0.29, 0.717) is 22.6 Å². The van der Waals surface area contributed by atoms with Gasteiger partial charge in [-0.3, -0.25) is 4.79 Å². The Balaban J connectivity index is 1.66. The number of hydrogen-bond acceptors (Lipinski definition) is 6. The molecule has 1 N–H and O–H groups in total. The van der Waals surface area contributed by atoms with E-state index in [1.807, 2.05) is 0 Å². The van der Waals surface area contributed by atoms with Crippen molar-refractivity contribution in [2.75, 3.05) is 14.2 Å². The Bertz CT molecular complexity index is 1100. The Morgan fingerprint density at radius 2 is 1.55 bits per heavy atom. The van der Waals surface area contributed by atoms with Crippen molar-refractivity contribution in [2.45, 2.75) is 0 Å². The van der Waals surface area contributed by atoms with Gasteiger partial charge in [-0.1, -0.05) is 0 Å². The van der Waals surface area contributed by atoms with Gasteiger partial charge in [0.1, 0.15) is 11.6 Å².